The van der Waals surface area contributed by atoms with Gasteiger partial charge in [0.25, 0.3) is 0 Å². The maximum atomic E-state index is 14.5. The van der Waals surface area contributed by atoms with E-state index < -0.39 is 16.9 Å². The van der Waals surface area contributed by atoms with Crippen LogP contribution in [-0.4, -0.2) is 28.6 Å². The molecule has 7 heteroatoms. The van der Waals surface area contributed by atoms with Gasteiger partial charge in [-0.15, -0.1) is 0 Å². The molecule has 1 amide bonds. The largest absolute Gasteiger partial charge is 0.497 e. The second kappa shape index (κ2) is 6.76. The van der Waals surface area contributed by atoms with Crippen LogP contribution in [0.3, 0.4) is 0 Å². The normalized spacial score (nSPS) is 22.8. The van der Waals surface area contributed by atoms with Gasteiger partial charge in [0, 0.05) is 27.6 Å². The Morgan fingerprint density at radius 1 is 1.24 bits per heavy atom. The van der Waals surface area contributed by atoms with E-state index in [9.17, 15) is 20.4 Å². The number of fused-ring (bicyclic) bond motifs is 1. The van der Waals surface area contributed by atoms with Gasteiger partial charge in [-0.2, -0.15) is 10.5 Å². The van der Waals surface area contributed by atoms with Gasteiger partial charge in [-0.05, 0) is 49.9 Å². The number of amides is 1. The number of carbonyl (C=O) groups excluding carboxylic acids is 1. The topological polar surface area (TPSA) is 113 Å². The fourth-order valence-corrected chi connectivity index (χ4v) is 6.01. The maximum absolute atomic E-state index is 14.5. The third-order valence-corrected chi connectivity index (χ3v) is 7.25. The molecule has 2 aromatic carbocycles. The molecule has 2 aliphatic rings. The molecule has 3 heterocycles. The molecular weight excluding hydrogens is 416 g/mol. The minimum absolute atomic E-state index is 0.128. The maximum Gasteiger partial charge on any atom is 0.245 e. The highest BCUT2D eigenvalue weighted by Crippen LogP contribution is 2.61. The number of nitrogens with zero attached hydrogens (tertiary/aromatic N) is 3. The number of aromatic hydroxyl groups is 1. The minimum atomic E-state index is -1.72. The van der Waals surface area contributed by atoms with E-state index >= 15 is 0 Å². The Morgan fingerprint density at radius 2 is 1.94 bits per heavy atom. The average molecular weight is 441 g/mol. The van der Waals surface area contributed by atoms with Crippen LogP contribution in [0.25, 0.3) is 10.9 Å². The zero-order chi connectivity index (χ0) is 23.7. The van der Waals surface area contributed by atoms with Gasteiger partial charge in [0.1, 0.15) is 11.2 Å². The fraction of sp³-hybridized carbons (Fsp3) is 0.346. The lowest BCUT2D eigenvalue weighted by Gasteiger charge is -2.44. The smallest absolute Gasteiger partial charge is 0.245 e. The Bertz CT molecular complexity index is 1390. The summed E-state index contributed by atoms with van der Waals surface area (Å²) in [5.74, 6) is -1.30. The molecule has 0 bridgehead atoms. The molecule has 1 aromatic heterocycles. The second-order valence-electron chi connectivity index (χ2n) is 9.56. The van der Waals surface area contributed by atoms with Crippen LogP contribution in [0.2, 0.25) is 0 Å². The van der Waals surface area contributed by atoms with Crippen molar-refractivity contribution in [3.63, 3.8) is 0 Å². The first-order valence-electron chi connectivity index (χ1n) is 10.9. The number of aromatic nitrogens is 1. The summed E-state index contributed by atoms with van der Waals surface area (Å²) >= 11 is 0. The number of rotatable bonds is 3. The van der Waals surface area contributed by atoms with Crippen LogP contribution >= 0.6 is 0 Å². The monoisotopic (exact) mass is 440 g/mol. The number of nitriles is 2. The van der Waals surface area contributed by atoms with Crippen molar-refractivity contribution in [2.24, 2.45) is 5.92 Å². The molecule has 0 spiro atoms. The quantitative estimate of drug-likeness (QED) is 0.624. The lowest BCUT2D eigenvalue weighted by Crippen LogP contribution is -2.54. The van der Waals surface area contributed by atoms with E-state index in [1.165, 1.54) is 0 Å². The van der Waals surface area contributed by atoms with Crippen molar-refractivity contribution in [1.29, 1.82) is 10.5 Å². The number of H-pyrrole nitrogens is 1. The van der Waals surface area contributed by atoms with Crippen molar-refractivity contribution in [3.8, 4) is 23.8 Å². The van der Waals surface area contributed by atoms with Crippen LogP contribution in [0, 0.1) is 28.6 Å². The van der Waals surface area contributed by atoms with Crippen molar-refractivity contribution in [1.82, 2.24) is 4.98 Å². The van der Waals surface area contributed by atoms with E-state index in [1.54, 1.807) is 36.3 Å². The summed E-state index contributed by atoms with van der Waals surface area (Å²) in [6, 6.07) is 15.0. The Morgan fingerprint density at radius 3 is 2.61 bits per heavy atom. The molecule has 0 saturated heterocycles. The summed E-state index contributed by atoms with van der Waals surface area (Å²) in [6.45, 7) is 6.10. The first-order valence-corrected chi connectivity index (χ1v) is 10.9. The average Bonchev–Trinajstić information content (AvgIpc) is 3.25. The Hall–Kier alpha value is -3.97. The van der Waals surface area contributed by atoms with Crippen LogP contribution in [0.15, 0.2) is 36.4 Å². The van der Waals surface area contributed by atoms with Crippen LogP contribution in [-0.2, 0) is 10.2 Å². The molecule has 2 N–H and O–H groups in total. The lowest BCUT2D eigenvalue weighted by molar-refractivity contribution is -0.123. The third kappa shape index (κ3) is 2.45. The van der Waals surface area contributed by atoms with E-state index in [4.69, 9.17) is 4.74 Å². The molecule has 7 nitrogen and oxygen atoms in total. The third-order valence-electron chi connectivity index (χ3n) is 7.25. The van der Waals surface area contributed by atoms with Gasteiger partial charge in [0.2, 0.25) is 5.91 Å². The van der Waals surface area contributed by atoms with Gasteiger partial charge in [-0.3, -0.25) is 4.79 Å². The molecule has 5 rings (SSSR count). The Kier molecular flexibility index (Phi) is 4.28. The summed E-state index contributed by atoms with van der Waals surface area (Å²) < 4.78 is 5.59. The van der Waals surface area contributed by atoms with Crippen molar-refractivity contribution >= 4 is 22.5 Å². The number of benzene rings is 2. The fourth-order valence-electron chi connectivity index (χ4n) is 6.01. The number of anilines is 1. The summed E-state index contributed by atoms with van der Waals surface area (Å²) in [5, 5.41) is 32.0. The number of hydrogen-bond acceptors (Lipinski definition) is 5. The van der Waals surface area contributed by atoms with Gasteiger partial charge < -0.3 is 19.7 Å². The van der Waals surface area contributed by atoms with Crippen molar-refractivity contribution in [3.05, 3.63) is 53.1 Å². The van der Waals surface area contributed by atoms with Gasteiger partial charge in [0.15, 0.2) is 11.8 Å². The van der Waals surface area contributed by atoms with Crippen LogP contribution in [0.4, 0.5) is 5.69 Å². The van der Waals surface area contributed by atoms with Crippen LogP contribution < -0.4 is 9.64 Å². The SMILES string of the molecule is COc1cc2c3c(c1)[C@](c1c(O)[nH]c4ccccc14)(C(C#N)C#N)C(=O)N3C(C)(C)C[C@@H]2C. The van der Waals surface area contributed by atoms with E-state index in [0.717, 1.165) is 5.56 Å². The zero-order valence-electron chi connectivity index (χ0n) is 18.9. The summed E-state index contributed by atoms with van der Waals surface area (Å²) in [6.07, 6.45) is 0.706. The van der Waals surface area contributed by atoms with Crippen LogP contribution in [0.1, 0.15) is 49.8 Å². The second-order valence-corrected chi connectivity index (χ2v) is 9.56. The first-order chi connectivity index (χ1) is 15.7. The predicted molar refractivity (Wildman–Crippen MR) is 123 cm³/mol. The van der Waals surface area contributed by atoms with Gasteiger partial charge >= 0.3 is 0 Å². The molecule has 0 saturated carbocycles. The Balaban J connectivity index is 2.01. The standard InChI is InChI=1S/C26H24N4O3/c1-14-11-25(2,3)30-22-18(14)9-16(33-4)10-19(22)26(24(30)32,15(12-27)13-28)21-17-7-5-6-8-20(17)29-23(21)31/h5-10,14-15,29,31H,11H2,1-4H3/t14-,26-/m0/s1. The summed E-state index contributed by atoms with van der Waals surface area (Å²) in [7, 11) is 1.55. The van der Waals surface area contributed by atoms with Crippen molar-refractivity contribution in [2.45, 2.75) is 44.1 Å². The van der Waals surface area contributed by atoms with E-state index in [-0.39, 0.29) is 23.3 Å². The minimum Gasteiger partial charge on any atom is -0.497 e. The van der Waals surface area contributed by atoms with E-state index in [2.05, 4.69) is 24.0 Å². The van der Waals surface area contributed by atoms with Gasteiger partial charge in [-0.25, -0.2) is 0 Å². The highest BCUT2D eigenvalue weighted by molar-refractivity contribution is 6.15. The number of para-hydroxylation sites is 1. The van der Waals surface area contributed by atoms with Crippen molar-refractivity contribution < 1.29 is 14.6 Å². The number of methoxy groups -OCH3 is 1. The number of aromatic amines is 1. The van der Waals surface area contributed by atoms with Gasteiger partial charge in [-0.1, -0.05) is 25.1 Å². The van der Waals surface area contributed by atoms with E-state index in [1.807, 2.05) is 26.0 Å². The molecule has 166 valence electrons. The lowest BCUT2D eigenvalue weighted by atomic mass is 9.66. The molecule has 0 fully saturated rings. The predicted octanol–water partition coefficient (Wildman–Crippen LogP) is 4.46. The molecule has 3 aromatic rings. The molecule has 2 aliphatic heterocycles. The molecule has 0 radical (unpaired) electrons. The molecular formula is C26H24N4O3. The number of ether oxygens (including phenoxy) is 1. The Labute approximate surface area is 191 Å². The molecule has 0 aliphatic carbocycles. The van der Waals surface area contributed by atoms with Crippen LogP contribution in [0.5, 0.6) is 11.6 Å². The van der Waals surface area contributed by atoms with Gasteiger partial charge in [0.05, 0.1) is 24.9 Å². The summed E-state index contributed by atoms with van der Waals surface area (Å²) in [4.78, 5) is 19.2. The highest BCUT2D eigenvalue weighted by Gasteiger charge is 2.64. The number of carbonyl (C=O) groups is 1. The first kappa shape index (κ1) is 20.9. The van der Waals surface area contributed by atoms with Crippen molar-refractivity contribution in [2.75, 3.05) is 12.0 Å². The molecule has 2 atom stereocenters. The molecule has 0 unspecified atom stereocenters. The summed E-state index contributed by atoms with van der Waals surface area (Å²) in [5.41, 5.74) is 0.785. The molecule has 33 heavy (non-hydrogen) atoms. The highest BCUT2D eigenvalue weighted by atomic mass is 16.5. The number of hydrogen-bond donors (Lipinski definition) is 2. The number of nitrogens with one attached hydrogen (secondary N) is 1. The van der Waals surface area contributed by atoms with E-state index in [0.29, 0.717) is 34.3 Å². The zero-order valence-corrected chi connectivity index (χ0v) is 18.9.